The SMILES string of the molecule is O=C1c2ccccc2C(=O)N1[C@@H]1CC[C@H](COC(c2ccccc2)(c2ccccc2)c2ccccc2)[C@H]1OCc1ccccc1. The molecule has 2 amide bonds. The lowest BCUT2D eigenvalue weighted by molar-refractivity contribution is -0.0667. The summed E-state index contributed by atoms with van der Waals surface area (Å²) in [4.78, 5) is 28.7. The van der Waals surface area contributed by atoms with Gasteiger partial charge in [-0.3, -0.25) is 14.5 Å². The van der Waals surface area contributed by atoms with E-state index in [1.54, 1.807) is 24.3 Å². The Morgan fingerprint density at radius 2 is 1.02 bits per heavy atom. The van der Waals surface area contributed by atoms with Crippen LogP contribution in [0.25, 0.3) is 0 Å². The highest BCUT2D eigenvalue weighted by Gasteiger charge is 2.49. The van der Waals surface area contributed by atoms with Gasteiger partial charge in [-0.15, -0.1) is 0 Å². The second-order valence-corrected chi connectivity index (χ2v) is 11.8. The Morgan fingerprint density at radius 3 is 1.51 bits per heavy atom. The van der Waals surface area contributed by atoms with Gasteiger partial charge in [-0.05, 0) is 47.2 Å². The largest absolute Gasteiger partial charge is 0.371 e. The molecule has 0 N–H and O–H groups in total. The molecule has 1 aliphatic carbocycles. The maximum absolute atomic E-state index is 13.6. The molecule has 0 saturated heterocycles. The predicted molar refractivity (Wildman–Crippen MR) is 174 cm³/mol. The molecule has 7 rings (SSSR count). The lowest BCUT2D eigenvalue weighted by Gasteiger charge is -2.38. The quantitative estimate of drug-likeness (QED) is 0.123. The molecule has 0 radical (unpaired) electrons. The molecule has 5 nitrogen and oxygen atoms in total. The number of hydrogen-bond donors (Lipinski definition) is 0. The number of rotatable bonds is 10. The normalized spacial score (nSPS) is 19.6. The zero-order valence-corrected chi connectivity index (χ0v) is 25.0. The van der Waals surface area contributed by atoms with Gasteiger partial charge in [0.05, 0.1) is 36.5 Å². The summed E-state index contributed by atoms with van der Waals surface area (Å²) in [5, 5.41) is 0. The average Bonchev–Trinajstić information content (AvgIpc) is 3.62. The fourth-order valence-electron chi connectivity index (χ4n) is 7.01. The van der Waals surface area contributed by atoms with Crippen LogP contribution in [-0.4, -0.2) is 35.5 Å². The second-order valence-electron chi connectivity index (χ2n) is 11.8. The lowest BCUT2D eigenvalue weighted by Crippen LogP contribution is -2.47. The summed E-state index contributed by atoms with van der Waals surface area (Å²) in [6, 6.07) is 47.7. The van der Waals surface area contributed by atoms with Crippen molar-refractivity contribution in [2.75, 3.05) is 6.61 Å². The summed E-state index contributed by atoms with van der Waals surface area (Å²) in [5.41, 5.74) is 4.16. The van der Waals surface area contributed by atoms with Gasteiger partial charge in [0.2, 0.25) is 0 Å². The molecule has 1 saturated carbocycles. The van der Waals surface area contributed by atoms with Gasteiger partial charge < -0.3 is 9.47 Å². The monoisotopic (exact) mass is 593 g/mol. The number of amides is 2. The fraction of sp³-hybridized carbons (Fsp3) is 0.200. The van der Waals surface area contributed by atoms with Crippen LogP contribution < -0.4 is 0 Å². The summed E-state index contributed by atoms with van der Waals surface area (Å²) in [6.07, 6.45) is 1.01. The van der Waals surface area contributed by atoms with Gasteiger partial charge in [0.25, 0.3) is 11.8 Å². The Bertz CT molecular complexity index is 1630. The van der Waals surface area contributed by atoms with E-state index < -0.39 is 17.7 Å². The van der Waals surface area contributed by atoms with Crippen molar-refractivity contribution < 1.29 is 19.1 Å². The molecule has 0 aromatic heterocycles. The summed E-state index contributed by atoms with van der Waals surface area (Å²) in [5.74, 6) is -0.552. The number of ether oxygens (including phenoxy) is 2. The first-order valence-corrected chi connectivity index (χ1v) is 15.6. The molecule has 224 valence electrons. The van der Waals surface area contributed by atoms with E-state index in [1.807, 2.05) is 84.9 Å². The third-order valence-electron chi connectivity index (χ3n) is 9.17. The van der Waals surface area contributed by atoms with Crippen LogP contribution in [0.15, 0.2) is 146 Å². The van der Waals surface area contributed by atoms with Crippen LogP contribution in [0.1, 0.15) is 55.8 Å². The summed E-state index contributed by atoms with van der Waals surface area (Å²) in [6.45, 7) is 0.751. The second kappa shape index (κ2) is 12.6. The maximum atomic E-state index is 13.6. The van der Waals surface area contributed by atoms with Gasteiger partial charge in [0.1, 0.15) is 5.60 Å². The zero-order valence-electron chi connectivity index (χ0n) is 25.0. The summed E-state index contributed by atoms with van der Waals surface area (Å²) >= 11 is 0. The number of fused-ring (bicyclic) bond motifs is 1. The molecule has 0 unspecified atom stereocenters. The van der Waals surface area contributed by atoms with E-state index in [0.29, 0.717) is 30.8 Å². The highest BCUT2D eigenvalue weighted by atomic mass is 16.5. The molecule has 1 aliphatic heterocycles. The summed E-state index contributed by atoms with van der Waals surface area (Å²) < 4.78 is 13.9. The maximum Gasteiger partial charge on any atom is 0.261 e. The van der Waals surface area contributed by atoms with Gasteiger partial charge in [0, 0.05) is 5.92 Å². The van der Waals surface area contributed by atoms with Crippen LogP contribution in [0.3, 0.4) is 0 Å². The fourth-order valence-corrected chi connectivity index (χ4v) is 7.01. The summed E-state index contributed by atoms with van der Waals surface area (Å²) in [7, 11) is 0. The molecule has 1 heterocycles. The highest BCUT2D eigenvalue weighted by Crippen LogP contribution is 2.43. The first-order chi connectivity index (χ1) is 22.2. The van der Waals surface area contributed by atoms with E-state index in [-0.39, 0.29) is 17.7 Å². The van der Waals surface area contributed by atoms with E-state index in [0.717, 1.165) is 28.7 Å². The minimum absolute atomic E-state index is 0.0569. The molecule has 0 bridgehead atoms. The number of carbonyl (C=O) groups is 2. The molecular formula is C40H35NO4. The first kappa shape index (κ1) is 28.9. The molecule has 0 spiro atoms. The number of carbonyl (C=O) groups excluding carboxylic acids is 2. The Morgan fingerprint density at radius 1 is 0.578 bits per heavy atom. The smallest absolute Gasteiger partial charge is 0.261 e. The minimum atomic E-state index is -0.874. The van der Waals surface area contributed by atoms with Gasteiger partial charge >= 0.3 is 0 Å². The number of benzene rings is 5. The van der Waals surface area contributed by atoms with Crippen LogP contribution in [0, 0.1) is 5.92 Å². The Kier molecular flexibility index (Phi) is 8.12. The number of nitrogens with zero attached hydrogens (tertiary/aromatic N) is 1. The van der Waals surface area contributed by atoms with Crippen molar-refractivity contribution in [1.82, 2.24) is 4.90 Å². The van der Waals surface area contributed by atoms with Crippen molar-refractivity contribution in [1.29, 1.82) is 0 Å². The van der Waals surface area contributed by atoms with Gasteiger partial charge in [-0.2, -0.15) is 0 Å². The molecule has 5 aromatic rings. The standard InChI is InChI=1S/C40H35NO4/c42-38-34-23-13-14-24-35(34)39(43)41(38)36-26-25-30(37(36)44-27-29-15-5-1-6-16-29)28-45-40(31-17-7-2-8-18-31,32-19-9-3-10-20-32)33-21-11-4-12-22-33/h1-24,30,36-37H,25-28H2/t30-,36-,37-/m1/s1. The first-order valence-electron chi connectivity index (χ1n) is 15.6. The van der Waals surface area contributed by atoms with E-state index >= 15 is 0 Å². The molecular weight excluding hydrogens is 558 g/mol. The van der Waals surface area contributed by atoms with Crippen molar-refractivity contribution in [3.05, 3.63) is 179 Å². The van der Waals surface area contributed by atoms with Crippen molar-refractivity contribution in [3.63, 3.8) is 0 Å². The molecule has 5 aromatic carbocycles. The van der Waals surface area contributed by atoms with E-state index in [9.17, 15) is 9.59 Å². The average molecular weight is 594 g/mol. The molecule has 3 atom stereocenters. The van der Waals surface area contributed by atoms with Gasteiger partial charge in [-0.1, -0.05) is 133 Å². The molecule has 1 fully saturated rings. The van der Waals surface area contributed by atoms with Crippen molar-refractivity contribution in [3.8, 4) is 0 Å². The highest BCUT2D eigenvalue weighted by molar-refractivity contribution is 6.21. The Balaban J connectivity index is 1.24. The third-order valence-corrected chi connectivity index (χ3v) is 9.17. The number of hydrogen-bond acceptors (Lipinski definition) is 4. The van der Waals surface area contributed by atoms with Crippen LogP contribution in [-0.2, 0) is 21.7 Å². The lowest BCUT2D eigenvalue weighted by atomic mass is 9.80. The number of imide groups is 1. The Hall–Kier alpha value is -4.84. The van der Waals surface area contributed by atoms with Crippen LogP contribution in [0.5, 0.6) is 0 Å². The van der Waals surface area contributed by atoms with Crippen molar-refractivity contribution in [2.45, 2.75) is 37.2 Å². The van der Waals surface area contributed by atoms with Crippen LogP contribution in [0.4, 0.5) is 0 Å². The molecule has 5 heteroatoms. The van der Waals surface area contributed by atoms with E-state index in [1.165, 1.54) is 4.90 Å². The zero-order chi connectivity index (χ0) is 30.6. The van der Waals surface area contributed by atoms with Crippen molar-refractivity contribution in [2.24, 2.45) is 5.92 Å². The van der Waals surface area contributed by atoms with Crippen LogP contribution >= 0.6 is 0 Å². The van der Waals surface area contributed by atoms with Gasteiger partial charge in [0.15, 0.2) is 0 Å². The topological polar surface area (TPSA) is 55.8 Å². The minimum Gasteiger partial charge on any atom is -0.371 e. The molecule has 2 aliphatic rings. The van der Waals surface area contributed by atoms with Crippen LogP contribution in [0.2, 0.25) is 0 Å². The van der Waals surface area contributed by atoms with E-state index in [2.05, 4.69) is 36.4 Å². The van der Waals surface area contributed by atoms with E-state index in [4.69, 9.17) is 9.47 Å². The molecule has 45 heavy (non-hydrogen) atoms. The van der Waals surface area contributed by atoms with Crippen molar-refractivity contribution >= 4 is 11.8 Å². The third kappa shape index (κ3) is 5.39. The van der Waals surface area contributed by atoms with Gasteiger partial charge in [-0.25, -0.2) is 0 Å². The Labute approximate surface area is 264 Å². The predicted octanol–water partition coefficient (Wildman–Crippen LogP) is 7.66.